The van der Waals surface area contributed by atoms with Crippen LogP contribution in [-0.2, 0) is 9.53 Å². The fourth-order valence-corrected chi connectivity index (χ4v) is 0.696. The van der Waals surface area contributed by atoms with Crippen LogP contribution in [0.1, 0.15) is 27.2 Å². The molecule has 0 amide bonds. The lowest BCUT2D eigenvalue weighted by atomic mass is 10.2. The summed E-state index contributed by atoms with van der Waals surface area (Å²) < 4.78 is 4.80. The molecule has 0 saturated carbocycles. The molecule has 0 aromatic rings. The second-order valence-corrected chi connectivity index (χ2v) is 2.60. The number of hydrogen-bond acceptors (Lipinski definition) is 3. The highest BCUT2D eigenvalue weighted by atomic mass is 16.5. The van der Waals surface area contributed by atoms with Gasteiger partial charge in [0.1, 0.15) is 0 Å². The van der Waals surface area contributed by atoms with Crippen LogP contribution in [0.5, 0.6) is 0 Å². The van der Waals surface area contributed by atoms with Crippen LogP contribution in [0.15, 0.2) is 4.99 Å². The highest BCUT2D eigenvalue weighted by Gasteiger charge is 2.09. The van der Waals surface area contributed by atoms with E-state index in [2.05, 4.69) is 4.99 Å². The second kappa shape index (κ2) is 6.83. The Balaban J connectivity index is 3.69. The quantitative estimate of drug-likeness (QED) is 0.466. The molecule has 0 aliphatic carbocycles. The van der Waals surface area contributed by atoms with Gasteiger partial charge in [-0.2, -0.15) is 0 Å². The number of carbonyl (C=O) groups is 1. The molecule has 0 aromatic carbocycles. The maximum atomic E-state index is 11.0. The number of nitrogens with zero attached hydrogens (tertiary/aromatic N) is 1. The van der Waals surface area contributed by atoms with E-state index in [0.29, 0.717) is 6.61 Å². The molecule has 0 rings (SSSR count). The molecule has 0 saturated heterocycles. The van der Waals surface area contributed by atoms with Gasteiger partial charge in [0, 0.05) is 12.8 Å². The summed E-state index contributed by atoms with van der Waals surface area (Å²) in [6.45, 7) is 6.85. The van der Waals surface area contributed by atoms with Crippen LogP contribution >= 0.6 is 0 Å². The molecule has 1 atom stereocenters. The van der Waals surface area contributed by atoms with Crippen molar-refractivity contribution >= 4 is 12.2 Å². The van der Waals surface area contributed by atoms with Crippen molar-refractivity contribution in [1.82, 2.24) is 0 Å². The van der Waals surface area contributed by atoms with Crippen LogP contribution in [0.4, 0.5) is 0 Å². The summed E-state index contributed by atoms with van der Waals surface area (Å²) in [4.78, 5) is 15.1. The standard InChI is InChI=1S/C9H17NO2/c1-4-6-10-7-8(3)9(11)12-5-2/h7-8H,4-6H2,1-3H3. The monoisotopic (exact) mass is 171 g/mol. The molecule has 0 aromatic heterocycles. The van der Waals surface area contributed by atoms with Gasteiger partial charge in [-0.25, -0.2) is 0 Å². The fourth-order valence-electron chi connectivity index (χ4n) is 0.696. The summed E-state index contributed by atoms with van der Waals surface area (Å²) in [7, 11) is 0. The largest absolute Gasteiger partial charge is 0.466 e. The first kappa shape index (κ1) is 11.1. The van der Waals surface area contributed by atoms with Crippen LogP contribution in [0, 0.1) is 5.92 Å². The van der Waals surface area contributed by atoms with Crippen LogP contribution in [0.2, 0.25) is 0 Å². The van der Waals surface area contributed by atoms with E-state index in [-0.39, 0.29) is 11.9 Å². The SMILES string of the molecule is CCCN=CC(C)C(=O)OCC. The second-order valence-electron chi connectivity index (χ2n) is 2.60. The first-order valence-corrected chi connectivity index (χ1v) is 4.38. The predicted molar refractivity (Wildman–Crippen MR) is 49.4 cm³/mol. The van der Waals surface area contributed by atoms with Crippen molar-refractivity contribution in [3.8, 4) is 0 Å². The summed E-state index contributed by atoms with van der Waals surface area (Å²) in [5, 5.41) is 0. The minimum absolute atomic E-state index is 0.197. The van der Waals surface area contributed by atoms with E-state index >= 15 is 0 Å². The average Bonchev–Trinajstić information content (AvgIpc) is 2.05. The Bertz CT molecular complexity index is 155. The molecule has 0 fully saturated rings. The van der Waals surface area contributed by atoms with Gasteiger partial charge in [-0.15, -0.1) is 0 Å². The average molecular weight is 171 g/mol. The van der Waals surface area contributed by atoms with Crippen LogP contribution in [0.3, 0.4) is 0 Å². The molecule has 0 N–H and O–H groups in total. The van der Waals surface area contributed by atoms with E-state index in [1.807, 2.05) is 6.92 Å². The third-order valence-corrected chi connectivity index (χ3v) is 1.34. The fraction of sp³-hybridized carbons (Fsp3) is 0.778. The van der Waals surface area contributed by atoms with Crippen LogP contribution in [-0.4, -0.2) is 25.3 Å². The summed E-state index contributed by atoms with van der Waals surface area (Å²) in [6.07, 6.45) is 2.66. The number of carbonyl (C=O) groups excluding carboxylic acids is 1. The Hall–Kier alpha value is -0.860. The molecule has 0 aliphatic rings. The lowest BCUT2D eigenvalue weighted by molar-refractivity contribution is -0.144. The van der Waals surface area contributed by atoms with E-state index in [1.54, 1.807) is 20.1 Å². The molecule has 0 aliphatic heterocycles. The topological polar surface area (TPSA) is 38.7 Å². The van der Waals surface area contributed by atoms with Gasteiger partial charge < -0.3 is 4.74 Å². The van der Waals surface area contributed by atoms with Crippen LogP contribution < -0.4 is 0 Å². The minimum Gasteiger partial charge on any atom is -0.466 e. The lowest BCUT2D eigenvalue weighted by Crippen LogP contribution is -2.15. The first-order chi connectivity index (χ1) is 5.72. The summed E-state index contributed by atoms with van der Waals surface area (Å²) in [5.41, 5.74) is 0. The van der Waals surface area contributed by atoms with Gasteiger partial charge in [-0.3, -0.25) is 9.79 Å². The molecule has 0 spiro atoms. The molecule has 3 heteroatoms. The van der Waals surface area contributed by atoms with Gasteiger partial charge in [-0.05, 0) is 20.3 Å². The van der Waals surface area contributed by atoms with Crippen molar-refractivity contribution in [2.75, 3.05) is 13.2 Å². The van der Waals surface area contributed by atoms with Gasteiger partial charge in [0.05, 0.1) is 12.5 Å². The van der Waals surface area contributed by atoms with Gasteiger partial charge in [0.15, 0.2) is 0 Å². The molecule has 0 radical (unpaired) electrons. The molecule has 1 unspecified atom stereocenters. The third kappa shape index (κ3) is 4.88. The van der Waals surface area contributed by atoms with E-state index < -0.39 is 0 Å². The number of rotatable bonds is 5. The van der Waals surface area contributed by atoms with Crippen molar-refractivity contribution in [1.29, 1.82) is 0 Å². The maximum Gasteiger partial charge on any atom is 0.314 e. The van der Waals surface area contributed by atoms with Crippen molar-refractivity contribution in [2.24, 2.45) is 10.9 Å². The molecular weight excluding hydrogens is 154 g/mol. The molecule has 12 heavy (non-hydrogen) atoms. The number of aliphatic imine (C=N–C) groups is 1. The van der Waals surface area contributed by atoms with Crippen molar-refractivity contribution in [3.05, 3.63) is 0 Å². The maximum absolute atomic E-state index is 11.0. The van der Waals surface area contributed by atoms with E-state index in [9.17, 15) is 4.79 Å². The summed E-state index contributed by atoms with van der Waals surface area (Å²) >= 11 is 0. The summed E-state index contributed by atoms with van der Waals surface area (Å²) in [6, 6.07) is 0. The van der Waals surface area contributed by atoms with Crippen LogP contribution in [0.25, 0.3) is 0 Å². The van der Waals surface area contributed by atoms with Crippen molar-refractivity contribution < 1.29 is 9.53 Å². The molecule has 70 valence electrons. The van der Waals surface area contributed by atoms with E-state index in [4.69, 9.17) is 4.74 Å². The lowest BCUT2D eigenvalue weighted by Gasteiger charge is -2.03. The number of ether oxygens (including phenoxy) is 1. The zero-order valence-electron chi connectivity index (χ0n) is 8.04. The van der Waals surface area contributed by atoms with Gasteiger partial charge in [0.25, 0.3) is 0 Å². The molecule has 0 bridgehead atoms. The number of esters is 1. The zero-order chi connectivity index (χ0) is 9.40. The molecule has 0 heterocycles. The third-order valence-electron chi connectivity index (χ3n) is 1.34. The van der Waals surface area contributed by atoms with Gasteiger partial charge in [0.2, 0.25) is 0 Å². The highest BCUT2D eigenvalue weighted by molar-refractivity contribution is 5.89. The Morgan fingerprint density at radius 1 is 1.58 bits per heavy atom. The van der Waals surface area contributed by atoms with Gasteiger partial charge >= 0.3 is 5.97 Å². The van der Waals surface area contributed by atoms with Gasteiger partial charge in [-0.1, -0.05) is 6.92 Å². The highest BCUT2D eigenvalue weighted by Crippen LogP contribution is 1.94. The molecular formula is C9H17NO2. The Morgan fingerprint density at radius 3 is 2.75 bits per heavy atom. The van der Waals surface area contributed by atoms with E-state index in [0.717, 1.165) is 13.0 Å². The van der Waals surface area contributed by atoms with Crippen molar-refractivity contribution in [2.45, 2.75) is 27.2 Å². The van der Waals surface area contributed by atoms with Crippen molar-refractivity contribution in [3.63, 3.8) is 0 Å². The minimum atomic E-state index is -0.212. The number of hydrogen-bond donors (Lipinski definition) is 0. The normalized spacial score (nSPS) is 13.2. The Morgan fingerprint density at radius 2 is 2.25 bits per heavy atom. The smallest absolute Gasteiger partial charge is 0.314 e. The zero-order valence-corrected chi connectivity index (χ0v) is 8.04. The van der Waals surface area contributed by atoms with E-state index in [1.165, 1.54) is 0 Å². The Kier molecular flexibility index (Phi) is 6.34. The summed E-state index contributed by atoms with van der Waals surface area (Å²) in [5.74, 6) is -0.408. The predicted octanol–water partition coefficient (Wildman–Crippen LogP) is 1.67. The Labute approximate surface area is 73.8 Å². The first-order valence-electron chi connectivity index (χ1n) is 4.38. The molecule has 3 nitrogen and oxygen atoms in total.